The summed E-state index contributed by atoms with van der Waals surface area (Å²) in [6, 6.07) is 7.69. The molecule has 0 aliphatic heterocycles. The SMILES string of the molecule is CN(C)C(=O)c1ccc(NCC2CC2)cc1. The number of carbonyl (C=O) groups excluding carboxylic acids is 1. The van der Waals surface area contributed by atoms with Gasteiger partial charge in [0.25, 0.3) is 5.91 Å². The Kier molecular flexibility index (Phi) is 3.13. The van der Waals surface area contributed by atoms with Crippen molar-refractivity contribution in [3.63, 3.8) is 0 Å². The molecule has 1 aliphatic rings. The molecule has 1 aromatic rings. The number of carbonyl (C=O) groups is 1. The smallest absolute Gasteiger partial charge is 0.253 e. The summed E-state index contributed by atoms with van der Waals surface area (Å²) in [5.41, 5.74) is 1.84. The second-order valence-corrected chi connectivity index (χ2v) is 4.60. The van der Waals surface area contributed by atoms with E-state index in [9.17, 15) is 4.79 Å². The minimum Gasteiger partial charge on any atom is -0.385 e. The number of hydrogen-bond acceptors (Lipinski definition) is 2. The highest BCUT2D eigenvalue weighted by Gasteiger charge is 2.20. The summed E-state index contributed by atoms with van der Waals surface area (Å²) in [4.78, 5) is 13.2. The van der Waals surface area contributed by atoms with Crippen molar-refractivity contribution in [2.75, 3.05) is 26.0 Å². The largest absolute Gasteiger partial charge is 0.385 e. The number of nitrogens with zero attached hydrogens (tertiary/aromatic N) is 1. The van der Waals surface area contributed by atoms with Gasteiger partial charge in [0.1, 0.15) is 0 Å². The van der Waals surface area contributed by atoms with Crippen molar-refractivity contribution in [2.45, 2.75) is 12.8 Å². The van der Waals surface area contributed by atoms with Crippen molar-refractivity contribution < 1.29 is 4.79 Å². The molecule has 1 aromatic carbocycles. The Morgan fingerprint density at radius 2 is 1.94 bits per heavy atom. The van der Waals surface area contributed by atoms with E-state index in [4.69, 9.17) is 0 Å². The van der Waals surface area contributed by atoms with Crippen LogP contribution in [0.4, 0.5) is 5.69 Å². The molecule has 86 valence electrons. The molecule has 1 saturated carbocycles. The first kappa shape index (κ1) is 11.0. The minimum absolute atomic E-state index is 0.0498. The number of rotatable bonds is 4. The standard InChI is InChI=1S/C13H18N2O/c1-15(2)13(16)11-5-7-12(8-6-11)14-9-10-3-4-10/h5-8,10,14H,3-4,9H2,1-2H3. The second-order valence-electron chi connectivity index (χ2n) is 4.60. The molecule has 0 saturated heterocycles. The molecule has 0 spiro atoms. The van der Waals surface area contributed by atoms with Gasteiger partial charge >= 0.3 is 0 Å². The van der Waals surface area contributed by atoms with Gasteiger partial charge in [-0.1, -0.05) is 0 Å². The topological polar surface area (TPSA) is 32.3 Å². The van der Waals surface area contributed by atoms with Gasteiger partial charge in [-0.2, -0.15) is 0 Å². The lowest BCUT2D eigenvalue weighted by atomic mass is 10.2. The lowest BCUT2D eigenvalue weighted by molar-refractivity contribution is 0.0827. The van der Waals surface area contributed by atoms with E-state index in [1.165, 1.54) is 12.8 Å². The van der Waals surface area contributed by atoms with Gasteiger partial charge in [-0.25, -0.2) is 0 Å². The van der Waals surface area contributed by atoms with Crippen LogP contribution in [0, 0.1) is 5.92 Å². The summed E-state index contributed by atoms with van der Waals surface area (Å²) >= 11 is 0. The summed E-state index contributed by atoms with van der Waals surface area (Å²) in [6.07, 6.45) is 2.70. The van der Waals surface area contributed by atoms with E-state index >= 15 is 0 Å². The number of nitrogens with one attached hydrogen (secondary N) is 1. The van der Waals surface area contributed by atoms with E-state index in [0.717, 1.165) is 23.7 Å². The number of anilines is 1. The highest BCUT2D eigenvalue weighted by molar-refractivity contribution is 5.94. The molecule has 0 radical (unpaired) electrons. The van der Waals surface area contributed by atoms with Gasteiger partial charge in [0.15, 0.2) is 0 Å². The fourth-order valence-electron chi connectivity index (χ4n) is 1.57. The average molecular weight is 218 g/mol. The highest BCUT2D eigenvalue weighted by Crippen LogP contribution is 2.28. The normalized spacial score (nSPS) is 14.6. The second kappa shape index (κ2) is 4.56. The molecule has 0 aromatic heterocycles. The maximum atomic E-state index is 11.6. The van der Waals surface area contributed by atoms with E-state index in [0.29, 0.717) is 0 Å². The molecule has 2 rings (SSSR count). The molecular weight excluding hydrogens is 200 g/mol. The van der Waals surface area contributed by atoms with Crippen LogP contribution < -0.4 is 5.32 Å². The van der Waals surface area contributed by atoms with Crippen LogP contribution in [0.3, 0.4) is 0 Å². The Morgan fingerprint density at radius 3 is 2.44 bits per heavy atom. The summed E-state index contributed by atoms with van der Waals surface area (Å²) < 4.78 is 0. The fourth-order valence-corrected chi connectivity index (χ4v) is 1.57. The molecule has 0 atom stereocenters. The summed E-state index contributed by atoms with van der Waals surface area (Å²) in [6.45, 7) is 1.06. The van der Waals surface area contributed by atoms with Crippen LogP contribution in [0.25, 0.3) is 0 Å². The first-order valence-corrected chi connectivity index (χ1v) is 5.72. The van der Waals surface area contributed by atoms with Gasteiger partial charge in [0, 0.05) is 31.9 Å². The Hall–Kier alpha value is -1.51. The Bertz CT molecular complexity index is 366. The number of benzene rings is 1. The van der Waals surface area contributed by atoms with Gasteiger partial charge in [0.05, 0.1) is 0 Å². The van der Waals surface area contributed by atoms with Crippen molar-refractivity contribution in [2.24, 2.45) is 5.92 Å². The molecule has 1 amide bonds. The molecular formula is C13H18N2O. The van der Waals surface area contributed by atoms with Crippen LogP contribution in [0.5, 0.6) is 0 Å². The lowest BCUT2D eigenvalue weighted by Gasteiger charge is -2.11. The van der Waals surface area contributed by atoms with Crippen LogP contribution in [0.1, 0.15) is 23.2 Å². The zero-order chi connectivity index (χ0) is 11.5. The van der Waals surface area contributed by atoms with Crippen LogP contribution in [0.15, 0.2) is 24.3 Å². The van der Waals surface area contributed by atoms with Gasteiger partial charge in [-0.05, 0) is 43.0 Å². The third-order valence-corrected chi connectivity index (χ3v) is 2.83. The van der Waals surface area contributed by atoms with Crippen molar-refractivity contribution in [3.8, 4) is 0 Å². The quantitative estimate of drug-likeness (QED) is 0.840. The molecule has 1 fully saturated rings. The predicted octanol–water partition coefficient (Wildman–Crippen LogP) is 2.21. The Morgan fingerprint density at radius 1 is 1.31 bits per heavy atom. The average Bonchev–Trinajstić information content (AvgIpc) is 3.10. The van der Waals surface area contributed by atoms with Crippen molar-refractivity contribution in [1.29, 1.82) is 0 Å². The van der Waals surface area contributed by atoms with E-state index in [1.54, 1.807) is 19.0 Å². The third kappa shape index (κ3) is 2.75. The summed E-state index contributed by atoms with van der Waals surface area (Å²) in [7, 11) is 3.53. The van der Waals surface area contributed by atoms with Gasteiger partial charge in [-0.15, -0.1) is 0 Å². The first-order valence-electron chi connectivity index (χ1n) is 5.72. The highest BCUT2D eigenvalue weighted by atomic mass is 16.2. The van der Waals surface area contributed by atoms with E-state index in [2.05, 4.69) is 5.32 Å². The van der Waals surface area contributed by atoms with Crippen LogP contribution in [-0.2, 0) is 0 Å². The van der Waals surface area contributed by atoms with Gasteiger partial charge < -0.3 is 10.2 Å². The summed E-state index contributed by atoms with van der Waals surface area (Å²) in [5, 5.41) is 3.38. The fraction of sp³-hybridized carbons (Fsp3) is 0.462. The van der Waals surface area contributed by atoms with Gasteiger partial charge in [-0.3, -0.25) is 4.79 Å². The maximum Gasteiger partial charge on any atom is 0.253 e. The Balaban J connectivity index is 1.95. The van der Waals surface area contributed by atoms with Crippen molar-refractivity contribution in [3.05, 3.63) is 29.8 Å². The predicted molar refractivity (Wildman–Crippen MR) is 65.7 cm³/mol. The van der Waals surface area contributed by atoms with Crippen LogP contribution in [-0.4, -0.2) is 31.4 Å². The Labute approximate surface area is 96.5 Å². The van der Waals surface area contributed by atoms with Crippen LogP contribution >= 0.6 is 0 Å². The number of hydrogen-bond donors (Lipinski definition) is 1. The molecule has 16 heavy (non-hydrogen) atoms. The first-order chi connectivity index (χ1) is 7.66. The monoisotopic (exact) mass is 218 g/mol. The van der Waals surface area contributed by atoms with Gasteiger partial charge in [0.2, 0.25) is 0 Å². The minimum atomic E-state index is 0.0498. The zero-order valence-corrected chi connectivity index (χ0v) is 9.86. The van der Waals surface area contributed by atoms with Crippen molar-refractivity contribution >= 4 is 11.6 Å². The summed E-state index contributed by atoms with van der Waals surface area (Å²) in [5.74, 6) is 0.914. The molecule has 3 heteroatoms. The molecule has 3 nitrogen and oxygen atoms in total. The van der Waals surface area contributed by atoms with E-state index < -0.39 is 0 Å². The van der Waals surface area contributed by atoms with E-state index in [-0.39, 0.29) is 5.91 Å². The molecule has 1 aliphatic carbocycles. The molecule has 0 unspecified atom stereocenters. The zero-order valence-electron chi connectivity index (χ0n) is 9.86. The molecule has 0 heterocycles. The molecule has 0 bridgehead atoms. The maximum absolute atomic E-state index is 11.6. The van der Waals surface area contributed by atoms with E-state index in [1.807, 2.05) is 24.3 Å². The number of amides is 1. The molecule has 1 N–H and O–H groups in total. The van der Waals surface area contributed by atoms with Crippen molar-refractivity contribution in [1.82, 2.24) is 4.90 Å². The third-order valence-electron chi connectivity index (χ3n) is 2.83. The lowest BCUT2D eigenvalue weighted by Crippen LogP contribution is -2.21. The van der Waals surface area contributed by atoms with Crippen LogP contribution in [0.2, 0.25) is 0 Å².